The molecule has 1 aliphatic carbocycles. The van der Waals surface area contributed by atoms with Crippen LogP contribution in [0.1, 0.15) is 43.0 Å². The highest BCUT2D eigenvalue weighted by Crippen LogP contribution is 2.29. The van der Waals surface area contributed by atoms with Crippen LogP contribution in [-0.2, 0) is 0 Å². The lowest BCUT2D eigenvalue weighted by Crippen LogP contribution is -2.37. The van der Waals surface area contributed by atoms with Crippen molar-refractivity contribution in [2.45, 2.75) is 38.6 Å². The zero-order valence-electron chi connectivity index (χ0n) is 12.3. The minimum atomic E-state index is -0.183. The van der Waals surface area contributed by atoms with Gasteiger partial charge in [-0.2, -0.15) is 0 Å². The van der Waals surface area contributed by atoms with Crippen molar-refractivity contribution in [2.75, 3.05) is 0 Å². The van der Waals surface area contributed by atoms with E-state index in [0.717, 1.165) is 10.8 Å². The molecule has 2 aromatic carbocycles. The Labute approximate surface area is 125 Å². The van der Waals surface area contributed by atoms with Gasteiger partial charge in [-0.05, 0) is 48.6 Å². The smallest absolute Gasteiger partial charge is 0.255 e. The Morgan fingerprint density at radius 2 is 1.81 bits per heavy atom. The summed E-state index contributed by atoms with van der Waals surface area (Å²) in [5.41, 5.74) is 0.360. The third-order valence-electron chi connectivity index (χ3n) is 4.57. The summed E-state index contributed by atoms with van der Waals surface area (Å²) >= 11 is 0. The molecule has 110 valence electrons. The second kappa shape index (κ2) is 5.76. The average molecular weight is 283 g/mol. The maximum absolute atomic E-state index is 12.4. The largest absolute Gasteiger partial charge is 0.507 e. The van der Waals surface area contributed by atoms with Crippen LogP contribution in [0.25, 0.3) is 10.8 Å². The number of carbonyl (C=O) groups excluding carboxylic acids is 1. The monoisotopic (exact) mass is 283 g/mol. The Kier molecular flexibility index (Phi) is 3.82. The third-order valence-corrected chi connectivity index (χ3v) is 4.57. The first-order chi connectivity index (χ1) is 10.1. The maximum Gasteiger partial charge on any atom is 0.255 e. The van der Waals surface area contributed by atoms with Crippen molar-refractivity contribution in [3.63, 3.8) is 0 Å². The first-order valence-corrected chi connectivity index (χ1v) is 7.68. The van der Waals surface area contributed by atoms with E-state index < -0.39 is 0 Å². The summed E-state index contributed by atoms with van der Waals surface area (Å²) in [7, 11) is 0. The third kappa shape index (κ3) is 2.87. The number of phenolic OH excluding ortho intramolecular Hbond substituents is 1. The van der Waals surface area contributed by atoms with Crippen molar-refractivity contribution < 1.29 is 9.90 Å². The van der Waals surface area contributed by atoms with E-state index in [1.807, 2.05) is 24.3 Å². The fraction of sp³-hybridized carbons (Fsp3) is 0.389. The van der Waals surface area contributed by atoms with Crippen LogP contribution in [0.3, 0.4) is 0 Å². The molecule has 1 fully saturated rings. The Morgan fingerprint density at radius 3 is 2.48 bits per heavy atom. The van der Waals surface area contributed by atoms with Gasteiger partial charge in [-0.25, -0.2) is 0 Å². The van der Waals surface area contributed by atoms with Crippen molar-refractivity contribution in [1.82, 2.24) is 5.32 Å². The SMILES string of the molecule is CC(NC(=O)c1cc2ccccc2cc1O)C1CCCC1. The minimum Gasteiger partial charge on any atom is -0.507 e. The van der Waals surface area contributed by atoms with Gasteiger partial charge in [-0.1, -0.05) is 37.1 Å². The van der Waals surface area contributed by atoms with Gasteiger partial charge in [0.1, 0.15) is 5.75 Å². The van der Waals surface area contributed by atoms with E-state index in [9.17, 15) is 9.90 Å². The van der Waals surface area contributed by atoms with E-state index in [2.05, 4.69) is 12.2 Å². The summed E-state index contributed by atoms with van der Waals surface area (Å²) in [5.74, 6) is 0.430. The lowest BCUT2D eigenvalue weighted by Gasteiger charge is -2.20. The van der Waals surface area contributed by atoms with Gasteiger partial charge < -0.3 is 10.4 Å². The van der Waals surface area contributed by atoms with Crippen molar-refractivity contribution in [3.05, 3.63) is 42.0 Å². The van der Waals surface area contributed by atoms with Gasteiger partial charge >= 0.3 is 0 Å². The fourth-order valence-corrected chi connectivity index (χ4v) is 3.27. The molecule has 0 heterocycles. The predicted molar refractivity (Wildman–Crippen MR) is 84.5 cm³/mol. The van der Waals surface area contributed by atoms with Crippen LogP contribution in [0.2, 0.25) is 0 Å². The molecule has 0 aromatic heterocycles. The predicted octanol–water partition coefficient (Wildman–Crippen LogP) is 3.85. The molecule has 0 aliphatic heterocycles. The summed E-state index contributed by atoms with van der Waals surface area (Å²) < 4.78 is 0. The van der Waals surface area contributed by atoms with Crippen LogP contribution in [0.5, 0.6) is 5.75 Å². The molecule has 1 atom stereocenters. The molecule has 0 spiro atoms. The van der Waals surface area contributed by atoms with E-state index in [0.29, 0.717) is 11.5 Å². The molecule has 3 nitrogen and oxygen atoms in total. The van der Waals surface area contributed by atoms with Crippen molar-refractivity contribution in [2.24, 2.45) is 5.92 Å². The Balaban J connectivity index is 1.82. The molecular formula is C18H21NO2. The normalized spacial score (nSPS) is 17.0. The highest BCUT2D eigenvalue weighted by atomic mass is 16.3. The van der Waals surface area contributed by atoms with Crippen LogP contribution in [0, 0.1) is 5.92 Å². The van der Waals surface area contributed by atoms with Crippen molar-refractivity contribution in [1.29, 1.82) is 0 Å². The first-order valence-electron chi connectivity index (χ1n) is 7.68. The molecule has 21 heavy (non-hydrogen) atoms. The Hall–Kier alpha value is -2.03. The van der Waals surface area contributed by atoms with Crippen molar-refractivity contribution >= 4 is 16.7 Å². The van der Waals surface area contributed by atoms with Gasteiger partial charge in [0.15, 0.2) is 0 Å². The molecule has 3 heteroatoms. The highest BCUT2D eigenvalue weighted by molar-refractivity contribution is 6.01. The lowest BCUT2D eigenvalue weighted by atomic mass is 9.99. The zero-order valence-corrected chi connectivity index (χ0v) is 12.3. The maximum atomic E-state index is 12.4. The van der Waals surface area contributed by atoms with Crippen LogP contribution < -0.4 is 5.32 Å². The van der Waals surface area contributed by atoms with Crippen LogP contribution in [0.15, 0.2) is 36.4 Å². The number of hydrogen-bond donors (Lipinski definition) is 2. The summed E-state index contributed by atoms with van der Waals surface area (Å²) in [6.45, 7) is 2.06. The van der Waals surface area contributed by atoms with Gasteiger partial charge in [0, 0.05) is 6.04 Å². The number of hydrogen-bond acceptors (Lipinski definition) is 2. The highest BCUT2D eigenvalue weighted by Gasteiger charge is 2.24. The fourth-order valence-electron chi connectivity index (χ4n) is 3.27. The molecule has 0 saturated heterocycles. The molecule has 0 bridgehead atoms. The Morgan fingerprint density at radius 1 is 1.19 bits per heavy atom. The molecule has 1 saturated carbocycles. The first kappa shape index (κ1) is 13.9. The quantitative estimate of drug-likeness (QED) is 0.898. The number of benzene rings is 2. The molecule has 2 aromatic rings. The average Bonchev–Trinajstić information content (AvgIpc) is 3.00. The molecular weight excluding hydrogens is 262 g/mol. The van der Waals surface area contributed by atoms with Crippen molar-refractivity contribution in [3.8, 4) is 5.75 Å². The van der Waals surface area contributed by atoms with Crippen LogP contribution in [-0.4, -0.2) is 17.1 Å². The van der Waals surface area contributed by atoms with Gasteiger partial charge in [0.2, 0.25) is 0 Å². The molecule has 3 rings (SSSR count). The van der Waals surface area contributed by atoms with E-state index in [1.54, 1.807) is 12.1 Å². The molecule has 2 N–H and O–H groups in total. The van der Waals surface area contributed by atoms with E-state index in [4.69, 9.17) is 0 Å². The van der Waals surface area contributed by atoms with Gasteiger partial charge in [0.25, 0.3) is 5.91 Å². The van der Waals surface area contributed by atoms with E-state index in [1.165, 1.54) is 25.7 Å². The summed E-state index contributed by atoms with van der Waals surface area (Å²) in [6.07, 6.45) is 4.88. The van der Waals surface area contributed by atoms with Gasteiger partial charge in [-0.3, -0.25) is 4.79 Å². The second-order valence-electron chi connectivity index (χ2n) is 6.02. The number of fused-ring (bicyclic) bond motifs is 1. The number of amides is 1. The van der Waals surface area contributed by atoms with Crippen LogP contribution >= 0.6 is 0 Å². The summed E-state index contributed by atoms with van der Waals surface area (Å²) in [5, 5.41) is 15.0. The number of nitrogens with one attached hydrogen (secondary N) is 1. The molecule has 0 radical (unpaired) electrons. The lowest BCUT2D eigenvalue weighted by molar-refractivity contribution is 0.0924. The number of phenols is 1. The van der Waals surface area contributed by atoms with E-state index in [-0.39, 0.29) is 17.7 Å². The zero-order chi connectivity index (χ0) is 14.8. The second-order valence-corrected chi connectivity index (χ2v) is 6.02. The van der Waals surface area contributed by atoms with Gasteiger partial charge in [0.05, 0.1) is 5.56 Å². The Bertz CT molecular complexity index is 659. The van der Waals surface area contributed by atoms with Crippen LogP contribution in [0.4, 0.5) is 0 Å². The summed E-state index contributed by atoms with van der Waals surface area (Å²) in [4.78, 5) is 12.4. The summed E-state index contributed by atoms with van der Waals surface area (Å²) in [6, 6.07) is 11.3. The topological polar surface area (TPSA) is 49.3 Å². The molecule has 1 aliphatic rings. The number of rotatable bonds is 3. The minimum absolute atomic E-state index is 0.0461. The number of aromatic hydroxyl groups is 1. The van der Waals surface area contributed by atoms with Gasteiger partial charge in [-0.15, -0.1) is 0 Å². The molecule has 1 amide bonds. The molecule has 1 unspecified atom stereocenters. The standard InChI is InChI=1S/C18H21NO2/c1-12(13-6-2-3-7-13)19-18(21)16-10-14-8-4-5-9-15(14)11-17(16)20/h4-5,8-13,20H,2-3,6-7H2,1H3,(H,19,21). The number of carbonyl (C=O) groups is 1. The van der Waals surface area contributed by atoms with E-state index >= 15 is 0 Å².